The highest BCUT2D eigenvalue weighted by molar-refractivity contribution is 9.10. The Morgan fingerprint density at radius 3 is 2.48 bits per heavy atom. The average Bonchev–Trinajstić information content (AvgIpc) is 2.49. The van der Waals surface area contributed by atoms with Gasteiger partial charge in [-0.05, 0) is 29.8 Å². The Kier molecular flexibility index (Phi) is 6.24. The Bertz CT molecular complexity index is 574. The number of likely N-dealkylation sites (N-methyl/N-ethyl adjacent to an activating group) is 1. The van der Waals surface area contributed by atoms with Crippen molar-refractivity contribution in [2.75, 3.05) is 13.1 Å². The summed E-state index contributed by atoms with van der Waals surface area (Å²) in [6.45, 7) is 4.55. The van der Waals surface area contributed by atoms with Crippen LogP contribution in [-0.2, 0) is 6.54 Å². The third-order valence-corrected chi connectivity index (χ3v) is 4.54. The van der Waals surface area contributed by atoms with E-state index in [-0.39, 0.29) is 6.04 Å². The fourth-order valence-electron chi connectivity index (χ4n) is 2.50. The summed E-state index contributed by atoms with van der Waals surface area (Å²) in [5.74, 6) is 0. The van der Waals surface area contributed by atoms with E-state index in [9.17, 15) is 0 Å². The second-order valence-corrected chi connectivity index (χ2v) is 6.26. The molecule has 0 bridgehead atoms. The summed E-state index contributed by atoms with van der Waals surface area (Å²) < 4.78 is 1.01. The molecule has 1 unspecified atom stereocenters. The quantitative estimate of drug-likeness (QED) is 0.807. The molecule has 0 saturated heterocycles. The topological polar surface area (TPSA) is 29.3 Å². The van der Waals surface area contributed by atoms with Gasteiger partial charge in [-0.3, -0.25) is 4.90 Å². The van der Waals surface area contributed by atoms with Gasteiger partial charge in [0.1, 0.15) is 0 Å². The fraction of sp³-hybridized carbons (Fsp3) is 0.294. The van der Waals surface area contributed by atoms with Gasteiger partial charge in [-0.25, -0.2) is 0 Å². The van der Waals surface area contributed by atoms with Crippen molar-refractivity contribution in [2.45, 2.75) is 19.5 Å². The molecule has 0 amide bonds. The van der Waals surface area contributed by atoms with E-state index in [1.807, 2.05) is 18.2 Å². The molecule has 0 aliphatic carbocycles. The third kappa shape index (κ3) is 4.30. The molecule has 21 heavy (non-hydrogen) atoms. The molecule has 1 atom stereocenters. The number of rotatable bonds is 6. The maximum Gasteiger partial charge on any atom is 0.0485 e. The first kappa shape index (κ1) is 16.5. The summed E-state index contributed by atoms with van der Waals surface area (Å²) in [7, 11) is 0. The molecule has 2 N–H and O–H groups in total. The first-order chi connectivity index (χ1) is 10.2. The molecule has 4 heteroatoms. The van der Waals surface area contributed by atoms with Crippen LogP contribution in [0.5, 0.6) is 0 Å². The summed E-state index contributed by atoms with van der Waals surface area (Å²) >= 11 is 9.64. The van der Waals surface area contributed by atoms with Crippen LogP contribution in [0, 0.1) is 0 Å². The first-order valence-electron chi connectivity index (χ1n) is 7.08. The van der Waals surface area contributed by atoms with E-state index in [1.54, 1.807) is 0 Å². The van der Waals surface area contributed by atoms with Crippen LogP contribution in [0.3, 0.4) is 0 Å². The maximum absolute atomic E-state index is 6.05. The van der Waals surface area contributed by atoms with E-state index in [2.05, 4.69) is 58.1 Å². The molecule has 0 fully saturated rings. The molecule has 2 nitrogen and oxygen atoms in total. The van der Waals surface area contributed by atoms with Crippen molar-refractivity contribution in [1.29, 1.82) is 0 Å². The maximum atomic E-state index is 6.05. The van der Waals surface area contributed by atoms with Gasteiger partial charge in [-0.2, -0.15) is 0 Å². The van der Waals surface area contributed by atoms with E-state index in [1.165, 1.54) is 11.1 Å². The molecule has 2 rings (SSSR count). The molecule has 0 aromatic heterocycles. The van der Waals surface area contributed by atoms with E-state index < -0.39 is 0 Å². The molecular formula is C17H20BrClN2. The van der Waals surface area contributed by atoms with Crippen molar-refractivity contribution in [2.24, 2.45) is 5.73 Å². The number of hydrogen-bond acceptors (Lipinski definition) is 2. The minimum Gasteiger partial charge on any atom is -0.329 e. The van der Waals surface area contributed by atoms with Crippen LogP contribution in [0.4, 0.5) is 0 Å². The molecule has 0 heterocycles. The summed E-state index contributed by atoms with van der Waals surface area (Å²) in [4.78, 5) is 2.38. The van der Waals surface area contributed by atoms with Crippen LogP contribution in [0.2, 0.25) is 5.02 Å². The van der Waals surface area contributed by atoms with Gasteiger partial charge in [0.05, 0.1) is 0 Å². The van der Waals surface area contributed by atoms with Gasteiger partial charge in [0.25, 0.3) is 0 Å². The zero-order chi connectivity index (χ0) is 15.2. The number of benzene rings is 2. The number of halogens is 2. The van der Waals surface area contributed by atoms with E-state index in [4.69, 9.17) is 17.3 Å². The molecule has 0 aliphatic rings. The molecular weight excluding hydrogens is 348 g/mol. The zero-order valence-electron chi connectivity index (χ0n) is 12.1. The van der Waals surface area contributed by atoms with Gasteiger partial charge in [0.15, 0.2) is 0 Å². The highest BCUT2D eigenvalue weighted by atomic mass is 79.9. The van der Waals surface area contributed by atoms with Gasteiger partial charge in [-0.1, -0.05) is 70.9 Å². The van der Waals surface area contributed by atoms with Gasteiger partial charge in [-0.15, -0.1) is 0 Å². The molecule has 2 aromatic carbocycles. The van der Waals surface area contributed by atoms with Crippen LogP contribution in [-0.4, -0.2) is 18.0 Å². The minimum atomic E-state index is 0.168. The van der Waals surface area contributed by atoms with Crippen molar-refractivity contribution in [3.8, 4) is 0 Å². The monoisotopic (exact) mass is 366 g/mol. The first-order valence-corrected chi connectivity index (χ1v) is 8.25. The summed E-state index contributed by atoms with van der Waals surface area (Å²) in [6.07, 6.45) is 0. The molecule has 2 aromatic rings. The highest BCUT2D eigenvalue weighted by Crippen LogP contribution is 2.30. The van der Waals surface area contributed by atoms with Crippen LogP contribution < -0.4 is 5.73 Å². The largest absolute Gasteiger partial charge is 0.329 e. The molecule has 0 saturated carbocycles. The van der Waals surface area contributed by atoms with Crippen LogP contribution >= 0.6 is 27.5 Å². The van der Waals surface area contributed by atoms with Crippen molar-refractivity contribution in [1.82, 2.24) is 4.90 Å². The highest BCUT2D eigenvalue weighted by Gasteiger charge is 2.20. The number of nitrogens with two attached hydrogens (primary N) is 1. The second kappa shape index (κ2) is 7.95. The lowest BCUT2D eigenvalue weighted by Gasteiger charge is -2.31. The summed E-state index contributed by atoms with van der Waals surface area (Å²) in [5, 5.41) is 0.729. The summed E-state index contributed by atoms with van der Waals surface area (Å²) in [5.41, 5.74) is 8.52. The Balaban J connectivity index is 2.25. The van der Waals surface area contributed by atoms with Gasteiger partial charge >= 0.3 is 0 Å². The van der Waals surface area contributed by atoms with Gasteiger partial charge in [0.2, 0.25) is 0 Å². The Morgan fingerprint density at radius 2 is 1.90 bits per heavy atom. The Morgan fingerprint density at radius 1 is 1.19 bits per heavy atom. The van der Waals surface area contributed by atoms with E-state index in [0.29, 0.717) is 6.54 Å². The van der Waals surface area contributed by atoms with Crippen LogP contribution in [0.1, 0.15) is 24.1 Å². The Hall–Kier alpha value is -0.870. The van der Waals surface area contributed by atoms with Crippen molar-refractivity contribution >= 4 is 27.5 Å². The lowest BCUT2D eigenvalue weighted by molar-refractivity contribution is 0.203. The molecule has 0 spiro atoms. The Labute approximate surface area is 140 Å². The second-order valence-electron chi connectivity index (χ2n) is 4.97. The zero-order valence-corrected chi connectivity index (χ0v) is 14.4. The van der Waals surface area contributed by atoms with E-state index in [0.717, 1.165) is 22.6 Å². The standard InChI is InChI=1S/C17H20BrClN2/c1-2-21(12-13-6-4-3-5-7-13)17(11-20)15-9-8-14(19)10-16(15)18/h3-10,17H,2,11-12,20H2,1H3. The normalized spacial score (nSPS) is 12.6. The molecule has 0 radical (unpaired) electrons. The molecule has 112 valence electrons. The lowest BCUT2D eigenvalue weighted by Crippen LogP contribution is -2.33. The number of nitrogens with zero attached hydrogens (tertiary/aromatic N) is 1. The van der Waals surface area contributed by atoms with Crippen LogP contribution in [0.25, 0.3) is 0 Å². The van der Waals surface area contributed by atoms with Gasteiger partial charge < -0.3 is 5.73 Å². The smallest absolute Gasteiger partial charge is 0.0485 e. The van der Waals surface area contributed by atoms with Crippen LogP contribution in [0.15, 0.2) is 53.0 Å². The predicted octanol–water partition coefficient (Wildman–Crippen LogP) is 4.62. The minimum absolute atomic E-state index is 0.168. The predicted molar refractivity (Wildman–Crippen MR) is 93.5 cm³/mol. The number of hydrogen-bond donors (Lipinski definition) is 1. The van der Waals surface area contributed by atoms with Gasteiger partial charge in [0, 0.05) is 28.6 Å². The fourth-order valence-corrected chi connectivity index (χ4v) is 3.45. The molecule has 0 aliphatic heterocycles. The van der Waals surface area contributed by atoms with Crippen molar-refractivity contribution < 1.29 is 0 Å². The third-order valence-electron chi connectivity index (χ3n) is 3.62. The van der Waals surface area contributed by atoms with Crippen molar-refractivity contribution in [3.63, 3.8) is 0 Å². The SMILES string of the molecule is CCN(Cc1ccccc1)C(CN)c1ccc(Cl)cc1Br. The lowest BCUT2D eigenvalue weighted by atomic mass is 10.0. The average molecular weight is 368 g/mol. The van der Waals surface area contributed by atoms with Crippen molar-refractivity contribution in [3.05, 3.63) is 69.2 Å². The summed E-state index contributed by atoms with van der Waals surface area (Å²) in [6, 6.07) is 16.5. The van der Waals surface area contributed by atoms with E-state index >= 15 is 0 Å².